The molecular weight excluding hydrogens is 348 g/mol. The van der Waals surface area contributed by atoms with Crippen molar-refractivity contribution in [3.8, 4) is 0 Å². The van der Waals surface area contributed by atoms with E-state index in [1.54, 1.807) is 0 Å². The summed E-state index contributed by atoms with van der Waals surface area (Å²) in [5.41, 5.74) is 5.71. The minimum Gasteiger partial charge on any atom is -0.372 e. The molecule has 1 aliphatic rings. The quantitative estimate of drug-likeness (QED) is 0.830. The molecule has 2 amide bonds. The molecule has 5 nitrogen and oxygen atoms in total. The largest absolute Gasteiger partial charge is 0.372 e. The van der Waals surface area contributed by atoms with Crippen LogP contribution in [-0.2, 0) is 0 Å². The van der Waals surface area contributed by atoms with Gasteiger partial charge in [-0.3, -0.25) is 0 Å². The third-order valence-corrected chi connectivity index (χ3v) is 5.76. The number of piperazine rings is 1. The van der Waals surface area contributed by atoms with Crippen molar-refractivity contribution in [3.63, 3.8) is 0 Å². The third-order valence-electron chi connectivity index (χ3n) is 5.76. The summed E-state index contributed by atoms with van der Waals surface area (Å²) in [6.45, 7) is 13.7. The van der Waals surface area contributed by atoms with Crippen molar-refractivity contribution in [1.82, 2.24) is 4.90 Å². The second-order valence-electron chi connectivity index (χ2n) is 7.34. The molecular formula is C23H32N4O. The number of benzene rings is 2. The Morgan fingerprint density at radius 2 is 1.61 bits per heavy atom. The number of carbonyl (C=O) groups excluding carboxylic acids is 1. The molecule has 0 bridgehead atoms. The van der Waals surface area contributed by atoms with Gasteiger partial charge in [0, 0.05) is 56.3 Å². The Morgan fingerprint density at radius 3 is 2.21 bits per heavy atom. The molecule has 0 aliphatic carbocycles. The zero-order valence-electron chi connectivity index (χ0n) is 17.5. The average Bonchev–Trinajstić information content (AvgIpc) is 2.73. The van der Waals surface area contributed by atoms with Gasteiger partial charge in [0.25, 0.3) is 0 Å². The number of hydrogen-bond donors (Lipinski definition) is 1. The van der Waals surface area contributed by atoms with Gasteiger partial charge in [0.15, 0.2) is 0 Å². The van der Waals surface area contributed by atoms with Gasteiger partial charge in [-0.2, -0.15) is 0 Å². The van der Waals surface area contributed by atoms with Gasteiger partial charge in [0.2, 0.25) is 0 Å². The summed E-state index contributed by atoms with van der Waals surface area (Å²) < 4.78 is 0. The van der Waals surface area contributed by atoms with Crippen LogP contribution in [0.5, 0.6) is 0 Å². The van der Waals surface area contributed by atoms with E-state index in [2.05, 4.69) is 66.2 Å². The second kappa shape index (κ2) is 9.00. The minimum absolute atomic E-state index is 0.00905. The van der Waals surface area contributed by atoms with Crippen molar-refractivity contribution >= 4 is 23.1 Å². The van der Waals surface area contributed by atoms with Crippen molar-refractivity contribution in [2.45, 2.75) is 27.7 Å². The smallest absolute Gasteiger partial charge is 0.321 e. The number of nitrogens with one attached hydrogen (secondary N) is 1. The predicted octanol–water partition coefficient (Wildman–Crippen LogP) is 4.50. The van der Waals surface area contributed by atoms with Crippen LogP contribution in [0.4, 0.5) is 21.9 Å². The first-order chi connectivity index (χ1) is 13.5. The molecule has 5 heteroatoms. The molecule has 3 rings (SSSR count). The van der Waals surface area contributed by atoms with E-state index in [0.717, 1.165) is 50.5 Å². The lowest BCUT2D eigenvalue weighted by molar-refractivity contribution is 0.208. The highest BCUT2D eigenvalue weighted by molar-refractivity contribution is 5.90. The molecule has 0 unspecified atom stereocenters. The molecule has 28 heavy (non-hydrogen) atoms. The summed E-state index contributed by atoms with van der Waals surface area (Å²) >= 11 is 0. The number of nitrogens with zero attached hydrogens (tertiary/aromatic N) is 3. The molecule has 0 aromatic heterocycles. The number of amides is 2. The Hall–Kier alpha value is -2.69. The first-order valence-corrected chi connectivity index (χ1v) is 10.3. The Bertz CT molecular complexity index is 791. The van der Waals surface area contributed by atoms with Crippen LogP contribution in [0, 0.1) is 13.8 Å². The lowest BCUT2D eigenvalue weighted by Gasteiger charge is -2.36. The summed E-state index contributed by atoms with van der Waals surface area (Å²) in [7, 11) is 0. The fourth-order valence-electron chi connectivity index (χ4n) is 3.71. The first-order valence-electron chi connectivity index (χ1n) is 10.3. The molecule has 1 fully saturated rings. The third kappa shape index (κ3) is 4.41. The molecule has 1 aliphatic heterocycles. The van der Waals surface area contributed by atoms with Gasteiger partial charge in [0.05, 0.1) is 0 Å². The van der Waals surface area contributed by atoms with E-state index < -0.39 is 0 Å². The van der Waals surface area contributed by atoms with Crippen LogP contribution in [-0.4, -0.2) is 50.2 Å². The van der Waals surface area contributed by atoms with Crippen LogP contribution in [0.3, 0.4) is 0 Å². The van der Waals surface area contributed by atoms with Crippen LogP contribution in [0.25, 0.3) is 0 Å². The summed E-state index contributed by atoms with van der Waals surface area (Å²) in [5.74, 6) is 0. The maximum atomic E-state index is 12.7. The topological polar surface area (TPSA) is 38.8 Å². The standard InChI is InChI=1S/C23H32N4O/c1-5-25(6-2)20-10-12-21(13-11-20)26-14-16-27(17-15-26)23(28)24-22-9-7-8-18(3)19(22)4/h7-13H,5-6,14-17H2,1-4H3,(H,24,28). The van der Waals surface area contributed by atoms with Gasteiger partial charge in [-0.25, -0.2) is 4.79 Å². The summed E-state index contributed by atoms with van der Waals surface area (Å²) in [6.07, 6.45) is 0. The van der Waals surface area contributed by atoms with E-state index in [4.69, 9.17) is 0 Å². The summed E-state index contributed by atoms with van der Waals surface area (Å²) in [4.78, 5) is 19.3. The highest BCUT2D eigenvalue weighted by Gasteiger charge is 2.22. The summed E-state index contributed by atoms with van der Waals surface area (Å²) in [6, 6.07) is 14.8. The SMILES string of the molecule is CCN(CC)c1ccc(N2CCN(C(=O)Nc3cccc(C)c3C)CC2)cc1. The fraction of sp³-hybridized carbons (Fsp3) is 0.435. The number of carbonyl (C=O) groups is 1. The Kier molecular flexibility index (Phi) is 6.45. The maximum absolute atomic E-state index is 12.7. The van der Waals surface area contributed by atoms with Crippen LogP contribution in [0.1, 0.15) is 25.0 Å². The van der Waals surface area contributed by atoms with E-state index in [9.17, 15) is 4.79 Å². The van der Waals surface area contributed by atoms with Crippen molar-refractivity contribution in [2.75, 3.05) is 54.4 Å². The predicted molar refractivity (Wildman–Crippen MR) is 119 cm³/mol. The number of hydrogen-bond acceptors (Lipinski definition) is 3. The average molecular weight is 381 g/mol. The van der Waals surface area contributed by atoms with Gasteiger partial charge >= 0.3 is 6.03 Å². The molecule has 2 aromatic rings. The van der Waals surface area contributed by atoms with Crippen LogP contribution < -0.4 is 15.1 Å². The van der Waals surface area contributed by atoms with Crippen molar-refractivity contribution in [1.29, 1.82) is 0 Å². The molecule has 1 N–H and O–H groups in total. The van der Waals surface area contributed by atoms with Crippen LogP contribution in [0.2, 0.25) is 0 Å². The fourth-order valence-corrected chi connectivity index (χ4v) is 3.71. The van der Waals surface area contributed by atoms with Crippen LogP contribution >= 0.6 is 0 Å². The number of urea groups is 1. The minimum atomic E-state index is -0.00905. The van der Waals surface area contributed by atoms with Gasteiger partial charge < -0.3 is 20.0 Å². The molecule has 2 aromatic carbocycles. The Morgan fingerprint density at radius 1 is 0.964 bits per heavy atom. The van der Waals surface area contributed by atoms with Crippen LogP contribution in [0.15, 0.2) is 42.5 Å². The molecule has 0 radical (unpaired) electrons. The van der Waals surface area contributed by atoms with Gasteiger partial charge in [-0.1, -0.05) is 12.1 Å². The van der Waals surface area contributed by atoms with E-state index in [1.165, 1.54) is 16.9 Å². The Labute approximate surface area is 168 Å². The van der Waals surface area contributed by atoms with E-state index in [0.29, 0.717) is 0 Å². The second-order valence-corrected chi connectivity index (χ2v) is 7.34. The number of rotatable bonds is 5. The van der Waals surface area contributed by atoms with E-state index in [-0.39, 0.29) is 6.03 Å². The lowest BCUT2D eigenvalue weighted by Crippen LogP contribution is -2.50. The molecule has 150 valence electrons. The number of anilines is 3. The highest BCUT2D eigenvalue weighted by Crippen LogP contribution is 2.23. The van der Waals surface area contributed by atoms with Crippen molar-refractivity contribution < 1.29 is 4.79 Å². The lowest BCUT2D eigenvalue weighted by atomic mass is 10.1. The van der Waals surface area contributed by atoms with Gasteiger partial charge in [0.1, 0.15) is 0 Å². The number of aryl methyl sites for hydroxylation is 1. The van der Waals surface area contributed by atoms with E-state index >= 15 is 0 Å². The molecule has 0 spiro atoms. The van der Waals surface area contributed by atoms with Gasteiger partial charge in [-0.15, -0.1) is 0 Å². The van der Waals surface area contributed by atoms with Crippen molar-refractivity contribution in [3.05, 3.63) is 53.6 Å². The molecule has 1 heterocycles. The Balaban J connectivity index is 1.56. The zero-order chi connectivity index (χ0) is 20.1. The molecule has 1 saturated heterocycles. The first kappa shape index (κ1) is 20.1. The molecule has 0 atom stereocenters. The zero-order valence-corrected chi connectivity index (χ0v) is 17.5. The molecule has 0 saturated carbocycles. The highest BCUT2D eigenvalue weighted by atomic mass is 16.2. The normalized spacial score (nSPS) is 14.1. The van der Waals surface area contributed by atoms with Crippen molar-refractivity contribution in [2.24, 2.45) is 0 Å². The monoisotopic (exact) mass is 380 g/mol. The summed E-state index contributed by atoms with van der Waals surface area (Å²) in [5, 5.41) is 3.07. The maximum Gasteiger partial charge on any atom is 0.321 e. The van der Waals surface area contributed by atoms with E-state index in [1.807, 2.05) is 24.0 Å². The van der Waals surface area contributed by atoms with Gasteiger partial charge in [-0.05, 0) is 69.2 Å².